The van der Waals surface area contributed by atoms with Crippen molar-refractivity contribution < 1.29 is 4.79 Å². The fraction of sp³-hybridized carbons (Fsp3) is 0.176. The summed E-state index contributed by atoms with van der Waals surface area (Å²) >= 11 is 11.1. The van der Waals surface area contributed by atoms with E-state index >= 15 is 0 Å². The topological polar surface area (TPSA) is 72.9 Å². The Balaban J connectivity index is 1.85. The highest BCUT2D eigenvalue weighted by Crippen LogP contribution is 2.38. The number of carbonyl (C=O) groups is 1. The fourth-order valence-corrected chi connectivity index (χ4v) is 4.29. The molecular weight excluding hydrogens is 424 g/mol. The number of nitrogens with one attached hydrogen (secondary N) is 1. The van der Waals surface area contributed by atoms with Gasteiger partial charge in [-0.15, -0.1) is 11.3 Å². The Morgan fingerprint density at radius 1 is 1.44 bits per heavy atom. The summed E-state index contributed by atoms with van der Waals surface area (Å²) in [6, 6.07) is 11.2. The molecule has 130 valence electrons. The van der Waals surface area contributed by atoms with Crippen molar-refractivity contribution in [2.45, 2.75) is 6.04 Å². The summed E-state index contributed by atoms with van der Waals surface area (Å²) in [5.74, 6) is -0.198. The van der Waals surface area contributed by atoms with Crippen LogP contribution in [0.3, 0.4) is 0 Å². The van der Waals surface area contributed by atoms with Gasteiger partial charge in [-0.05, 0) is 27.6 Å². The van der Waals surface area contributed by atoms with Gasteiger partial charge in [-0.3, -0.25) is 9.48 Å². The number of nitrogens with zero attached hydrogens (tertiary/aromatic N) is 2. The van der Waals surface area contributed by atoms with E-state index in [1.807, 2.05) is 37.4 Å². The van der Waals surface area contributed by atoms with Crippen LogP contribution in [0, 0.1) is 0 Å². The Kier molecular flexibility index (Phi) is 5.58. The molecule has 0 fully saturated rings. The molecule has 2 heterocycles. The molecular formula is C17H16BrClN4OS. The summed E-state index contributed by atoms with van der Waals surface area (Å²) in [7, 11) is 1.83. The average molecular weight is 440 g/mol. The van der Waals surface area contributed by atoms with E-state index < -0.39 is 0 Å². The molecule has 8 heteroatoms. The quantitative estimate of drug-likeness (QED) is 0.631. The minimum Gasteiger partial charge on any atom is -0.343 e. The third-order valence-electron chi connectivity index (χ3n) is 3.80. The maximum Gasteiger partial charge on any atom is 0.261 e. The first-order chi connectivity index (χ1) is 12.0. The third kappa shape index (κ3) is 3.79. The van der Waals surface area contributed by atoms with Crippen LogP contribution >= 0.6 is 38.9 Å². The summed E-state index contributed by atoms with van der Waals surface area (Å²) in [4.78, 5) is 13.2. The maximum atomic E-state index is 12.6. The molecule has 3 N–H and O–H groups in total. The van der Waals surface area contributed by atoms with Crippen LogP contribution in [0.5, 0.6) is 0 Å². The van der Waals surface area contributed by atoms with Gasteiger partial charge >= 0.3 is 0 Å². The van der Waals surface area contributed by atoms with Gasteiger partial charge in [0, 0.05) is 19.2 Å². The molecule has 0 aliphatic heterocycles. The van der Waals surface area contributed by atoms with Crippen molar-refractivity contribution in [1.82, 2.24) is 15.1 Å². The van der Waals surface area contributed by atoms with Crippen molar-refractivity contribution in [2.24, 2.45) is 12.8 Å². The average Bonchev–Trinajstić information content (AvgIpc) is 3.15. The molecule has 3 aromatic rings. The monoisotopic (exact) mass is 438 g/mol. The second kappa shape index (κ2) is 7.70. The number of aryl methyl sites for hydroxylation is 1. The number of nitrogens with two attached hydrogens (primary N) is 1. The first-order valence-electron chi connectivity index (χ1n) is 7.54. The lowest BCUT2D eigenvalue weighted by molar-refractivity contribution is 0.0942. The van der Waals surface area contributed by atoms with Crippen LogP contribution in [0.15, 0.2) is 47.1 Å². The van der Waals surface area contributed by atoms with Gasteiger partial charge in [-0.2, -0.15) is 5.10 Å². The SMILES string of the molecule is Cn1ncc(Br)c1-c1cc(C(=O)N[C@H](CN)c2ccccc2)sc1Cl. The molecule has 1 aromatic carbocycles. The van der Waals surface area contributed by atoms with Crippen LogP contribution in [-0.4, -0.2) is 22.2 Å². The summed E-state index contributed by atoms with van der Waals surface area (Å²) in [6.07, 6.45) is 1.70. The van der Waals surface area contributed by atoms with Crippen molar-refractivity contribution in [3.8, 4) is 11.3 Å². The number of benzene rings is 1. The van der Waals surface area contributed by atoms with Gasteiger partial charge in [-0.25, -0.2) is 0 Å². The Labute approximate surface area is 162 Å². The highest BCUT2D eigenvalue weighted by Gasteiger charge is 2.21. The second-order valence-corrected chi connectivity index (χ2v) is 7.94. The van der Waals surface area contributed by atoms with Crippen molar-refractivity contribution in [2.75, 3.05) is 6.54 Å². The number of hydrogen-bond donors (Lipinski definition) is 2. The number of rotatable bonds is 5. The lowest BCUT2D eigenvalue weighted by atomic mass is 10.1. The number of thiophene rings is 1. The largest absolute Gasteiger partial charge is 0.343 e. The van der Waals surface area contributed by atoms with Crippen LogP contribution in [-0.2, 0) is 7.05 Å². The molecule has 5 nitrogen and oxygen atoms in total. The molecule has 0 spiro atoms. The zero-order valence-corrected chi connectivity index (χ0v) is 16.5. The normalized spacial score (nSPS) is 12.2. The zero-order valence-electron chi connectivity index (χ0n) is 13.4. The molecule has 0 saturated heterocycles. The molecule has 0 aliphatic rings. The molecule has 1 atom stereocenters. The maximum absolute atomic E-state index is 12.6. The summed E-state index contributed by atoms with van der Waals surface area (Å²) < 4.78 is 3.08. The molecule has 0 saturated carbocycles. The standard InChI is InChI=1S/C17H16BrClN4OS/c1-23-15(12(18)9-21-23)11-7-14(25-16(11)19)17(24)22-13(8-20)10-5-3-2-4-6-10/h2-7,9,13H,8,20H2,1H3,(H,22,24)/t13-/m1/s1. The van der Waals surface area contributed by atoms with Crippen molar-refractivity contribution in [3.63, 3.8) is 0 Å². The number of amides is 1. The highest BCUT2D eigenvalue weighted by atomic mass is 79.9. The van der Waals surface area contributed by atoms with E-state index in [1.54, 1.807) is 16.9 Å². The summed E-state index contributed by atoms with van der Waals surface area (Å²) in [5.41, 5.74) is 8.40. The first kappa shape index (κ1) is 18.1. The minimum absolute atomic E-state index is 0.198. The lowest BCUT2D eigenvalue weighted by Gasteiger charge is -2.16. The molecule has 0 bridgehead atoms. The third-order valence-corrected chi connectivity index (χ3v) is 5.74. The predicted molar refractivity (Wildman–Crippen MR) is 105 cm³/mol. The molecule has 3 rings (SSSR count). The van der Waals surface area contributed by atoms with E-state index in [0.717, 1.165) is 21.3 Å². The minimum atomic E-state index is -0.249. The van der Waals surface area contributed by atoms with E-state index in [9.17, 15) is 4.79 Å². The molecule has 0 unspecified atom stereocenters. The number of hydrogen-bond acceptors (Lipinski definition) is 4. The van der Waals surface area contributed by atoms with Crippen LogP contribution in [0.4, 0.5) is 0 Å². The smallest absolute Gasteiger partial charge is 0.261 e. The van der Waals surface area contributed by atoms with Crippen molar-refractivity contribution in [3.05, 3.63) is 61.8 Å². The summed E-state index contributed by atoms with van der Waals surface area (Å²) in [5, 5.41) is 7.16. The van der Waals surface area contributed by atoms with Gasteiger partial charge < -0.3 is 11.1 Å². The molecule has 0 radical (unpaired) electrons. The lowest BCUT2D eigenvalue weighted by Crippen LogP contribution is -2.32. The zero-order chi connectivity index (χ0) is 18.0. The van der Waals surface area contributed by atoms with Crippen LogP contribution in [0.2, 0.25) is 4.34 Å². The Hall–Kier alpha value is -1.67. The second-order valence-electron chi connectivity index (χ2n) is 5.44. The van der Waals surface area contributed by atoms with Crippen molar-refractivity contribution >= 4 is 44.8 Å². The number of halogens is 2. The molecule has 0 aliphatic carbocycles. The van der Waals surface area contributed by atoms with Gasteiger partial charge in [0.05, 0.1) is 27.3 Å². The number of carbonyl (C=O) groups excluding carboxylic acids is 1. The van der Waals surface area contributed by atoms with Gasteiger partial charge in [0.1, 0.15) is 4.34 Å². The highest BCUT2D eigenvalue weighted by molar-refractivity contribution is 9.10. The van der Waals surface area contributed by atoms with Crippen LogP contribution in [0.1, 0.15) is 21.3 Å². The van der Waals surface area contributed by atoms with E-state index in [1.165, 1.54) is 11.3 Å². The van der Waals surface area contributed by atoms with E-state index in [2.05, 4.69) is 26.3 Å². The summed E-state index contributed by atoms with van der Waals surface area (Å²) in [6.45, 7) is 0.314. The number of aromatic nitrogens is 2. The molecule has 2 aromatic heterocycles. The Morgan fingerprint density at radius 2 is 2.16 bits per heavy atom. The first-order valence-corrected chi connectivity index (χ1v) is 9.53. The Morgan fingerprint density at radius 3 is 2.76 bits per heavy atom. The van der Waals surface area contributed by atoms with Crippen LogP contribution < -0.4 is 11.1 Å². The van der Waals surface area contributed by atoms with E-state index in [4.69, 9.17) is 17.3 Å². The molecule has 1 amide bonds. The van der Waals surface area contributed by atoms with Gasteiger partial charge in [0.25, 0.3) is 5.91 Å². The van der Waals surface area contributed by atoms with Gasteiger partial charge in [0.2, 0.25) is 0 Å². The fourth-order valence-electron chi connectivity index (χ4n) is 2.55. The van der Waals surface area contributed by atoms with E-state index in [0.29, 0.717) is 15.8 Å². The van der Waals surface area contributed by atoms with Crippen molar-refractivity contribution in [1.29, 1.82) is 0 Å². The molecule has 25 heavy (non-hydrogen) atoms. The Bertz CT molecular complexity index is 874. The van der Waals surface area contributed by atoms with Gasteiger partial charge in [0.15, 0.2) is 0 Å². The van der Waals surface area contributed by atoms with E-state index in [-0.39, 0.29) is 11.9 Å². The predicted octanol–water partition coefficient (Wildman–Crippen LogP) is 3.99. The van der Waals surface area contributed by atoms with Crippen LogP contribution in [0.25, 0.3) is 11.3 Å². The van der Waals surface area contributed by atoms with Gasteiger partial charge in [-0.1, -0.05) is 41.9 Å².